The van der Waals surface area contributed by atoms with Gasteiger partial charge in [0.05, 0.1) is 5.56 Å². The average molecular weight is 595 g/mol. The molecule has 0 aliphatic carbocycles. The van der Waals surface area contributed by atoms with E-state index in [9.17, 15) is 18.0 Å². The number of benzene rings is 4. The first-order valence-corrected chi connectivity index (χ1v) is 15.1. The van der Waals surface area contributed by atoms with Crippen LogP contribution in [0.2, 0.25) is 0 Å². The summed E-state index contributed by atoms with van der Waals surface area (Å²) >= 11 is 0. The van der Waals surface area contributed by atoms with Crippen molar-refractivity contribution in [2.75, 3.05) is 19.6 Å². The Hall–Kier alpha value is -4.43. The summed E-state index contributed by atoms with van der Waals surface area (Å²) in [4.78, 5) is 23.7. The Morgan fingerprint density at radius 1 is 0.795 bits per heavy atom. The van der Waals surface area contributed by atoms with Crippen LogP contribution < -0.4 is 0 Å². The smallest absolute Gasteiger partial charge is 0.323 e. The summed E-state index contributed by atoms with van der Waals surface area (Å²) in [7, 11) is 0. The third kappa shape index (κ3) is 5.86. The van der Waals surface area contributed by atoms with Gasteiger partial charge in [0.15, 0.2) is 0 Å². The van der Waals surface area contributed by atoms with Crippen molar-refractivity contribution in [3.05, 3.63) is 125 Å². The van der Waals surface area contributed by atoms with Crippen LogP contribution in [0.3, 0.4) is 0 Å². The lowest BCUT2D eigenvalue weighted by Gasteiger charge is -2.33. The van der Waals surface area contributed by atoms with Crippen molar-refractivity contribution in [1.82, 2.24) is 19.7 Å². The molecular formula is C36H33F3N4O. The third-order valence-electron chi connectivity index (χ3n) is 8.99. The van der Waals surface area contributed by atoms with Crippen LogP contribution in [0.25, 0.3) is 21.5 Å². The quantitative estimate of drug-likeness (QED) is 0.210. The Balaban J connectivity index is 1.10. The van der Waals surface area contributed by atoms with Gasteiger partial charge in [-0.3, -0.25) is 9.88 Å². The number of likely N-dealkylation sites (tertiary alicyclic amines) is 1. The highest BCUT2D eigenvalue weighted by Gasteiger charge is 2.36. The molecule has 0 N–H and O–H groups in total. The highest BCUT2D eigenvalue weighted by atomic mass is 19.4. The second-order valence-electron chi connectivity index (χ2n) is 11.9. The molecule has 0 spiro atoms. The van der Waals surface area contributed by atoms with Gasteiger partial charge in [0.1, 0.15) is 0 Å². The van der Waals surface area contributed by atoms with Gasteiger partial charge in [-0.25, -0.2) is 4.79 Å². The van der Waals surface area contributed by atoms with Gasteiger partial charge in [0.2, 0.25) is 0 Å². The molecular weight excluding hydrogens is 561 g/mol. The molecule has 5 nitrogen and oxygen atoms in total. The van der Waals surface area contributed by atoms with Crippen molar-refractivity contribution in [2.45, 2.75) is 44.7 Å². The van der Waals surface area contributed by atoms with Gasteiger partial charge in [-0.1, -0.05) is 72.8 Å². The van der Waals surface area contributed by atoms with E-state index in [-0.39, 0.29) is 18.6 Å². The maximum absolute atomic E-state index is 13.7. The van der Waals surface area contributed by atoms with Gasteiger partial charge in [0, 0.05) is 63.6 Å². The van der Waals surface area contributed by atoms with Crippen LogP contribution >= 0.6 is 0 Å². The molecule has 2 aliphatic rings. The maximum Gasteiger partial charge on any atom is 0.417 e. The molecule has 1 fully saturated rings. The lowest BCUT2D eigenvalue weighted by molar-refractivity contribution is -0.137. The first-order valence-electron chi connectivity index (χ1n) is 15.1. The Kier molecular flexibility index (Phi) is 7.46. The summed E-state index contributed by atoms with van der Waals surface area (Å²) < 4.78 is 39.9. The second-order valence-corrected chi connectivity index (χ2v) is 11.9. The molecule has 44 heavy (non-hydrogen) atoms. The van der Waals surface area contributed by atoms with Crippen LogP contribution in [0.1, 0.15) is 34.4 Å². The number of halogens is 3. The molecule has 224 valence electrons. The van der Waals surface area contributed by atoms with Crippen molar-refractivity contribution in [3.63, 3.8) is 0 Å². The Morgan fingerprint density at radius 3 is 2.02 bits per heavy atom. The van der Waals surface area contributed by atoms with E-state index in [2.05, 4.69) is 82.7 Å². The zero-order chi connectivity index (χ0) is 30.3. The Bertz CT molecular complexity index is 1760. The number of fused-ring (bicyclic) bond motifs is 3. The van der Waals surface area contributed by atoms with Crippen molar-refractivity contribution in [2.24, 2.45) is 0 Å². The molecule has 3 heterocycles. The number of hydrogen-bond donors (Lipinski definition) is 0. The predicted octanol–water partition coefficient (Wildman–Crippen LogP) is 7.66. The summed E-state index contributed by atoms with van der Waals surface area (Å²) in [6.45, 7) is 3.26. The first-order chi connectivity index (χ1) is 21.3. The number of carbonyl (C=O) groups excluding carboxylic acids is 1. The second kappa shape index (κ2) is 11.6. The highest BCUT2D eigenvalue weighted by Crippen LogP contribution is 2.32. The lowest BCUT2D eigenvalue weighted by Crippen LogP contribution is -2.46. The van der Waals surface area contributed by atoms with Gasteiger partial charge in [-0.15, -0.1) is 0 Å². The minimum atomic E-state index is -4.46. The number of urea groups is 1. The fraction of sp³-hybridized carbons (Fsp3) is 0.278. The van der Waals surface area contributed by atoms with Crippen LogP contribution in [-0.4, -0.2) is 51.4 Å². The van der Waals surface area contributed by atoms with E-state index >= 15 is 0 Å². The fourth-order valence-corrected chi connectivity index (χ4v) is 6.62. The van der Waals surface area contributed by atoms with E-state index in [1.165, 1.54) is 32.7 Å². The Labute approximate surface area is 254 Å². The van der Waals surface area contributed by atoms with Gasteiger partial charge in [0.25, 0.3) is 0 Å². The highest BCUT2D eigenvalue weighted by molar-refractivity contribution is 5.83. The average Bonchev–Trinajstić information content (AvgIpc) is 3.53. The maximum atomic E-state index is 13.7. The molecule has 2 amide bonds. The third-order valence-corrected chi connectivity index (χ3v) is 8.99. The number of amides is 2. The van der Waals surface area contributed by atoms with Crippen molar-refractivity contribution >= 4 is 27.6 Å². The summed E-state index contributed by atoms with van der Waals surface area (Å²) in [6, 6.07) is 31.0. The van der Waals surface area contributed by atoms with E-state index < -0.39 is 11.7 Å². The molecule has 2 aliphatic heterocycles. The van der Waals surface area contributed by atoms with E-state index in [0.29, 0.717) is 37.3 Å². The van der Waals surface area contributed by atoms with E-state index in [0.717, 1.165) is 31.8 Å². The molecule has 4 aromatic carbocycles. The van der Waals surface area contributed by atoms with Gasteiger partial charge >= 0.3 is 12.2 Å². The summed E-state index contributed by atoms with van der Waals surface area (Å²) in [6.07, 6.45) is -2.29. The number of hydrogen-bond acceptors (Lipinski definition) is 3. The van der Waals surface area contributed by atoms with E-state index in [1.54, 1.807) is 4.90 Å². The lowest BCUT2D eigenvalue weighted by atomic mass is 10.0. The van der Waals surface area contributed by atoms with Crippen LogP contribution in [-0.2, 0) is 32.2 Å². The fourth-order valence-electron chi connectivity index (χ4n) is 6.62. The van der Waals surface area contributed by atoms with Gasteiger partial charge in [-0.05, 0) is 62.9 Å². The minimum absolute atomic E-state index is 0.119. The molecule has 7 rings (SSSR count). The zero-order valence-electron chi connectivity index (χ0n) is 24.3. The molecule has 8 heteroatoms. The zero-order valence-corrected chi connectivity index (χ0v) is 24.3. The topological polar surface area (TPSA) is 39.7 Å². The van der Waals surface area contributed by atoms with Crippen molar-refractivity contribution in [3.8, 4) is 0 Å². The molecule has 1 saturated heterocycles. The minimum Gasteiger partial charge on any atom is -0.323 e. The van der Waals surface area contributed by atoms with E-state index in [1.807, 2.05) is 17.0 Å². The van der Waals surface area contributed by atoms with Gasteiger partial charge < -0.3 is 9.80 Å². The van der Waals surface area contributed by atoms with Gasteiger partial charge in [-0.2, -0.15) is 13.2 Å². The normalized spacial score (nSPS) is 17.0. The molecule has 5 aromatic rings. The SMILES string of the molecule is O=C(N1CCc2ncc(C(F)(F)F)cc2C1)N1CCC(N(Cc2ccc3ccccc3c2)Cc2ccc3ccccc3c2)C1. The molecule has 0 radical (unpaired) electrons. The Morgan fingerprint density at radius 2 is 1.41 bits per heavy atom. The number of carbonyl (C=O) groups is 1. The number of alkyl halides is 3. The largest absolute Gasteiger partial charge is 0.417 e. The number of aromatic nitrogens is 1. The summed E-state index contributed by atoms with van der Waals surface area (Å²) in [5.41, 5.74) is 2.78. The predicted molar refractivity (Wildman–Crippen MR) is 166 cm³/mol. The number of rotatable bonds is 5. The molecule has 1 aromatic heterocycles. The molecule has 0 saturated carbocycles. The van der Waals surface area contributed by atoms with Crippen LogP contribution in [0.5, 0.6) is 0 Å². The van der Waals surface area contributed by atoms with Crippen molar-refractivity contribution in [1.29, 1.82) is 0 Å². The standard InChI is InChI=1S/C36H33F3N4O/c37-36(38,39)32-19-31-23-41(16-14-34(31)40-20-32)35(44)42-15-13-33(24-42)43(21-25-9-11-27-5-1-3-7-29(27)17-25)22-26-10-12-28-6-2-4-8-30(28)18-26/h1-12,17-20,33H,13-16,21-24H2. The van der Waals surface area contributed by atoms with Crippen LogP contribution in [0, 0.1) is 0 Å². The van der Waals surface area contributed by atoms with Crippen LogP contribution in [0.4, 0.5) is 18.0 Å². The summed E-state index contributed by atoms with van der Waals surface area (Å²) in [5, 5.41) is 4.81. The number of nitrogens with zero attached hydrogens (tertiary/aromatic N) is 4. The van der Waals surface area contributed by atoms with Crippen molar-refractivity contribution < 1.29 is 18.0 Å². The van der Waals surface area contributed by atoms with E-state index in [4.69, 9.17) is 0 Å². The molecule has 0 bridgehead atoms. The molecule has 1 unspecified atom stereocenters. The first kappa shape index (κ1) is 28.3. The summed E-state index contributed by atoms with van der Waals surface area (Å²) in [5.74, 6) is 0. The molecule has 1 atom stereocenters. The monoisotopic (exact) mass is 594 g/mol. The van der Waals surface area contributed by atoms with Crippen LogP contribution in [0.15, 0.2) is 97.2 Å². The number of pyridine rings is 1.